The highest BCUT2D eigenvalue weighted by Gasteiger charge is 2.46. The van der Waals surface area contributed by atoms with E-state index in [1.54, 1.807) is 10.4 Å². The lowest BCUT2D eigenvalue weighted by atomic mass is 10.2. The first-order valence-corrected chi connectivity index (χ1v) is 12.1. The van der Waals surface area contributed by atoms with Crippen molar-refractivity contribution in [2.24, 2.45) is 0 Å². The van der Waals surface area contributed by atoms with E-state index in [2.05, 4.69) is 9.88 Å². The van der Waals surface area contributed by atoms with Gasteiger partial charge in [0.1, 0.15) is 11.6 Å². The molecule has 3 heterocycles. The van der Waals surface area contributed by atoms with Crippen molar-refractivity contribution in [2.45, 2.75) is 25.0 Å². The number of thiazole rings is 1. The molecule has 2 atom stereocenters. The summed E-state index contributed by atoms with van der Waals surface area (Å²) in [5.74, 6) is 0.395. The minimum Gasteiger partial charge on any atom is -0.431 e. The molecule has 0 spiro atoms. The Morgan fingerprint density at radius 1 is 1.17 bits per heavy atom. The highest BCUT2D eigenvalue weighted by atomic mass is 32.2. The second kappa shape index (κ2) is 7.02. The number of rotatable bonds is 5. The molecule has 2 aromatic carbocycles. The van der Waals surface area contributed by atoms with E-state index >= 15 is 0 Å². The zero-order valence-electron chi connectivity index (χ0n) is 15.8. The van der Waals surface area contributed by atoms with Gasteiger partial charge in [0, 0.05) is 31.7 Å². The van der Waals surface area contributed by atoms with Gasteiger partial charge in [-0.15, -0.1) is 0 Å². The Kier molecular flexibility index (Phi) is 4.58. The van der Waals surface area contributed by atoms with Crippen LogP contribution in [-0.4, -0.2) is 54.0 Å². The summed E-state index contributed by atoms with van der Waals surface area (Å²) in [6, 6.07) is 12.7. The smallest absolute Gasteiger partial charge is 0.279 e. The van der Waals surface area contributed by atoms with Crippen LogP contribution in [0.4, 0.5) is 4.39 Å². The van der Waals surface area contributed by atoms with Crippen molar-refractivity contribution >= 4 is 31.6 Å². The fourth-order valence-corrected chi connectivity index (χ4v) is 6.23. The zero-order chi connectivity index (χ0) is 20.2. The van der Waals surface area contributed by atoms with Gasteiger partial charge in [0.05, 0.1) is 16.5 Å². The van der Waals surface area contributed by atoms with Gasteiger partial charge in [-0.1, -0.05) is 23.5 Å². The molecular weight excluding hydrogens is 413 g/mol. The van der Waals surface area contributed by atoms with Crippen LogP contribution in [0.1, 0.15) is 12.0 Å². The lowest BCUT2D eigenvalue weighted by Gasteiger charge is -2.32. The average Bonchev–Trinajstić information content (AvgIpc) is 3.36. The molecule has 0 aliphatic carbocycles. The van der Waals surface area contributed by atoms with Gasteiger partial charge in [-0.05, 0) is 42.3 Å². The summed E-state index contributed by atoms with van der Waals surface area (Å²) in [5, 5.41) is 0.482. The highest BCUT2D eigenvalue weighted by Crippen LogP contribution is 2.34. The maximum atomic E-state index is 13.3. The van der Waals surface area contributed by atoms with Crippen molar-refractivity contribution in [3.05, 3.63) is 53.8 Å². The molecule has 5 rings (SSSR count). The predicted octanol–water partition coefficient (Wildman–Crippen LogP) is 3.45. The van der Waals surface area contributed by atoms with Gasteiger partial charge in [-0.3, -0.25) is 4.90 Å². The number of benzene rings is 2. The Balaban J connectivity index is 1.23. The number of halogens is 1. The van der Waals surface area contributed by atoms with Crippen LogP contribution in [0, 0.1) is 5.82 Å². The Hall–Kier alpha value is -2.07. The molecule has 2 fully saturated rings. The second-order valence-corrected chi connectivity index (χ2v) is 10.6. The SMILES string of the molecule is CS(=O)(=O)N1C[C@@H]2C[C@@H]1CN2Cc1ccc(Oc2nc3ccc(F)cc3s2)cc1. The van der Waals surface area contributed by atoms with E-state index in [0.29, 0.717) is 17.5 Å². The summed E-state index contributed by atoms with van der Waals surface area (Å²) in [6.07, 6.45) is 2.20. The first-order valence-electron chi connectivity index (χ1n) is 9.39. The maximum absolute atomic E-state index is 13.3. The molecule has 2 bridgehead atoms. The second-order valence-electron chi connectivity index (χ2n) is 7.64. The van der Waals surface area contributed by atoms with Crippen LogP contribution in [-0.2, 0) is 16.6 Å². The number of hydrogen-bond acceptors (Lipinski definition) is 6. The van der Waals surface area contributed by atoms with Gasteiger partial charge in [-0.2, -0.15) is 4.31 Å². The van der Waals surface area contributed by atoms with Crippen LogP contribution >= 0.6 is 11.3 Å². The van der Waals surface area contributed by atoms with Crippen LogP contribution < -0.4 is 4.74 Å². The van der Waals surface area contributed by atoms with Crippen LogP contribution in [0.5, 0.6) is 10.9 Å². The van der Waals surface area contributed by atoms with Crippen molar-refractivity contribution in [3.8, 4) is 10.9 Å². The van der Waals surface area contributed by atoms with E-state index in [0.717, 1.165) is 35.3 Å². The lowest BCUT2D eigenvalue weighted by Crippen LogP contribution is -2.47. The number of nitrogens with zero attached hydrogens (tertiary/aromatic N) is 3. The number of hydrogen-bond donors (Lipinski definition) is 0. The first-order chi connectivity index (χ1) is 13.8. The largest absolute Gasteiger partial charge is 0.431 e. The number of aromatic nitrogens is 1. The Bertz CT molecular complexity index is 1160. The summed E-state index contributed by atoms with van der Waals surface area (Å²) in [6.45, 7) is 2.15. The van der Waals surface area contributed by atoms with Crippen LogP contribution in [0.15, 0.2) is 42.5 Å². The standard InChI is InChI=1S/C20H20FN3O3S2/c1-29(25,26)24-12-15-9-16(24)11-23(15)10-13-2-5-17(6-3-13)27-20-22-18-7-4-14(21)8-19(18)28-20/h2-8,15-16H,9-12H2,1H3/t15-,16+/m0/s1. The molecule has 1 aromatic heterocycles. The quantitative estimate of drug-likeness (QED) is 0.617. The third kappa shape index (κ3) is 3.75. The molecule has 6 nitrogen and oxygen atoms in total. The molecule has 0 amide bonds. The number of piperazine rings is 1. The van der Waals surface area contributed by atoms with E-state index in [1.165, 1.54) is 29.7 Å². The molecule has 2 aliphatic rings. The molecule has 0 unspecified atom stereocenters. The van der Waals surface area contributed by atoms with E-state index in [-0.39, 0.29) is 17.9 Å². The van der Waals surface area contributed by atoms with Gasteiger partial charge in [0.2, 0.25) is 10.0 Å². The molecule has 0 saturated carbocycles. The summed E-state index contributed by atoms with van der Waals surface area (Å²) in [5.41, 5.74) is 1.87. The van der Waals surface area contributed by atoms with E-state index < -0.39 is 10.0 Å². The van der Waals surface area contributed by atoms with Crippen molar-refractivity contribution in [2.75, 3.05) is 19.3 Å². The highest BCUT2D eigenvalue weighted by molar-refractivity contribution is 7.88. The van der Waals surface area contributed by atoms with Gasteiger partial charge in [0.25, 0.3) is 5.19 Å². The van der Waals surface area contributed by atoms with Crippen molar-refractivity contribution in [3.63, 3.8) is 0 Å². The van der Waals surface area contributed by atoms with E-state index in [4.69, 9.17) is 4.74 Å². The van der Waals surface area contributed by atoms with Crippen molar-refractivity contribution in [1.29, 1.82) is 0 Å². The molecule has 3 aromatic rings. The van der Waals surface area contributed by atoms with E-state index in [1.807, 2.05) is 24.3 Å². The third-order valence-corrected chi connectivity index (χ3v) is 7.77. The summed E-state index contributed by atoms with van der Waals surface area (Å²) >= 11 is 1.31. The number of sulfonamides is 1. The summed E-state index contributed by atoms with van der Waals surface area (Å²) in [7, 11) is -3.11. The molecule has 152 valence electrons. The average molecular weight is 434 g/mol. The number of fused-ring (bicyclic) bond motifs is 3. The molecule has 9 heteroatoms. The minimum atomic E-state index is -3.11. The normalized spacial score (nSPS) is 22.6. The Morgan fingerprint density at radius 2 is 1.97 bits per heavy atom. The van der Waals surface area contributed by atoms with Gasteiger partial charge < -0.3 is 4.74 Å². The fourth-order valence-electron chi connectivity index (χ4n) is 4.23. The molecule has 29 heavy (non-hydrogen) atoms. The summed E-state index contributed by atoms with van der Waals surface area (Å²) < 4.78 is 45.2. The maximum Gasteiger partial charge on any atom is 0.279 e. The number of likely N-dealkylation sites (tertiary alicyclic amines) is 1. The van der Waals surface area contributed by atoms with Crippen LogP contribution in [0.2, 0.25) is 0 Å². The lowest BCUT2D eigenvalue weighted by molar-refractivity contribution is 0.175. The van der Waals surface area contributed by atoms with E-state index in [9.17, 15) is 12.8 Å². The summed E-state index contributed by atoms with van der Waals surface area (Å²) in [4.78, 5) is 6.73. The topological polar surface area (TPSA) is 62.7 Å². The van der Waals surface area contributed by atoms with Crippen LogP contribution in [0.25, 0.3) is 10.2 Å². The third-order valence-electron chi connectivity index (χ3n) is 5.57. The Morgan fingerprint density at radius 3 is 2.66 bits per heavy atom. The molecule has 2 saturated heterocycles. The first kappa shape index (κ1) is 18.9. The monoisotopic (exact) mass is 433 g/mol. The molecular formula is C20H20FN3O3S2. The van der Waals surface area contributed by atoms with Crippen LogP contribution in [0.3, 0.4) is 0 Å². The zero-order valence-corrected chi connectivity index (χ0v) is 17.4. The minimum absolute atomic E-state index is 0.0986. The molecule has 0 N–H and O–H groups in total. The number of ether oxygens (including phenoxy) is 1. The van der Waals surface area contributed by atoms with Crippen molar-refractivity contribution in [1.82, 2.24) is 14.2 Å². The Labute approximate surface area is 172 Å². The van der Waals surface area contributed by atoms with Crippen molar-refractivity contribution < 1.29 is 17.5 Å². The van der Waals surface area contributed by atoms with Gasteiger partial charge >= 0.3 is 0 Å². The molecule has 2 aliphatic heterocycles. The van der Waals surface area contributed by atoms with Gasteiger partial charge in [-0.25, -0.2) is 17.8 Å². The predicted molar refractivity (Wildman–Crippen MR) is 110 cm³/mol. The fraction of sp³-hybridized carbons (Fsp3) is 0.350. The molecule has 0 radical (unpaired) electrons. The van der Waals surface area contributed by atoms with Gasteiger partial charge in [0.15, 0.2) is 0 Å².